The highest BCUT2D eigenvalue weighted by atomic mass is 79.9. The Labute approximate surface area is 133 Å². The highest BCUT2D eigenvalue weighted by Gasteiger charge is 2.16. The molecule has 1 aliphatic carbocycles. The molecule has 0 atom stereocenters. The molecule has 1 aliphatic rings. The fraction of sp³-hybridized carbons (Fsp3) is 0.438. The number of imidazole rings is 1. The van der Waals surface area contributed by atoms with Gasteiger partial charge in [0.2, 0.25) is 5.95 Å². The van der Waals surface area contributed by atoms with Gasteiger partial charge in [-0.05, 0) is 40.9 Å². The van der Waals surface area contributed by atoms with Crippen LogP contribution in [0.15, 0.2) is 35.1 Å². The number of nitrogens with one attached hydrogen (secondary N) is 1. The Morgan fingerprint density at radius 3 is 2.86 bits per heavy atom. The maximum atomic E-state index is 5.32. The standard InChI is InChI=1S/C16H20BrN3O/c1-21-13-7-8-14(17)15(11-13)20-10-9-18-16(20)19-12-5-3-2-4-6-12/h7-12H,2-6H2,1H3,(H,18,19). The molecule has 21 heavy (non-hydrogen) atoms. The summed E-state index contributed by atoms with van der Waals surface area (Å²) in [6.07, 6.45) is 10.2. The van der Waals surface area contributed by atoms with Gasteiger partial charge in [0.15, 0.2) is 0 Å². The first kappa shape index (κ1) is 14.4. The van der Waals surface area contributed by atoms with Crippen LogP contribution in [0.1, 0.15) is 32.1 Å². The molecule has 2 aromatic rings. The van der Waals surface area contributed by atoms with Crippen molar-refractivity contribution >= 4 is 21.9 Å². The Balaban J connectivity index is 1.87. The monoisotopic (exact) mass is 349 g/mol. The number of halogens is 1. The second kappa shape index (κ2) is 6.52. The number of hydrogen-bond donors (Lipinski definition) is 1. The van der Waals surface area contributed by atoms with Crippen molar-refractivity contribution < 1.29 is 4.74 Å². The molecule has 0 amide bonds. The molecule has 1 fully saturated rings. The first-order valence-corrected chi connectivity index (χ1v) is 8.21. The van der Waals surface area contributed by atoms with Crippen molar-refractivity contribution in [3.63, 3.8) is 0 Å². The number of benzene rings is 1. The third-order valence-corrected chi connectivity index (χ3v) is 4.66. The minimum absolute atomic E-state index is 0.532. The lowest BCUT2D eigenvalue weighted by Crippen LogP contribution is -2.24. The van der Waals surface area contributed by atoms with Crippen LogP contribution in [0, 0.1) is 0 Å². The van der Waals surface area contributed by atoms with Gasteiger partial charge in [-0.3, -0.25) is 4.57 Å². The molecule has 0 spiro atoms. The van der Waals surface area contributed by atoms with Gasteiger partial charge in [-0.1, -0.05) is 19.3 Å². The molecule has 5 heteroatoms. The zero-order valence-electron chi connectivity index (χ0n) is 12.2. The van der Waals surface area contributed by atoms with Gasteiger partial charge in [-0.15, -0.1) is 0 Å². The van der Waals surface area contributed by atoms with Gasteiger partial charge in [-0.2, -0.15) is 0 Å². The van der Waals surface area contributed by atoms with Crippen molar-refractivity contribution in [2.45, 2.75) is 38.1 Å². The molecule has 0 unspecified atom stereocenters. The maximum Gasteiger partial charge on any atom is 0.207 e. The fourth-order valence-electron chi connectivity index (χ4n) is 2.84. The van der Waals surface area contributed by atoms with Crippen LogP contribution in [0.25, 0.3) is 5.69 Å². The van der Waals surface area contributed by atoms with E-state index in [0.717, 1.165) is 21.9 Å². The van der Waals surface area contributed by atoms with Crippen molar-refractivity contribution in [2.24, 2.45) is 0 Å². The van der Waals surface area contributed by atoms with Crippen LogP contribution in [0.5, 0.6) is 5.75 Å². The Morgan fingerprint density at radius 1 is 1.29 bits per heavy atom. The van der Waals surface area contributed by atoms with Crippen LogP contribution >= 0.6 is 15.9 Å². The van der Waals surface area contributed by atoms with E-state index in [1.807, 2.05) is 30.6 Å². The number of ether oxygens (including phenoxy) is 1. The molecule has 1 heterocycles. The molecular weight excluding hydrogens is 330 g/mol. The predicted molar refractivity (Wildman–Crippen MR) is 88.3 cm³/mol. The summed E-state index contributed by atoms with van der Waals surface area (Å²) in [6.45, 7) is 0. The maximum absolute atomic E-state index is 5.32. The Bertz CT molecular complexity index is 605. The normalized spacial score (nSPS) is 15.9. The molecule has 1 aromatic heterocycles. The lowest BCUT2D eigenvalue weighted by molar-refractivity contribution is 0.414. The van der Waals surface area contributed by atoms with E-state index in [2.05, 4.69) is 30.8 Å². The minimum atomic E-state index is 0.532. The van der Waals surface area contributed by atoms with Gasteiger partial charge >= 0.3 is 0 Å². The van der Waals surface area contributed by atoms with E-state index in [1.165, 1.54) is 32.1 Å². The number of hydrogen-bond acceptors (Lipinski definition) is 3. The summed E-state index contributed by atoms with van der Waals surface area (Å²) < 4.78 is 8.41. The lowest BCUT2D eigenvalue weighted by Gasteiger charge is -2.24. The highest BCUT2D eigenvalue weighted by Crippen LogP contribution is 2.29. The molecule has 1 saturated carbocycles. The average molecular weight is 350 g/mol. The van der Waals surface area contributed by atoms with Crippen molar-refractivity contribution in [3.8, 4) is 11.4 Å². The number of anilines is 1. The summed E-state index contributed by atoms with van der Waals surface area (Å²) in [5.41, 5.74) is 1.03. The van der Waals surface area contributed by atoms with E-state index in [4.69, 9.17) is 4.74 Å². The van der Waals surface area contributed by atoms with E-state index in [1.54, 1.807) is 7.11 Å². The van der Waals surface area contributed by atoms with Gasteiger partial charge in [-0.25, -0.2) is 4.98 Å². The minimum Gasteiger partial charge on any atom is -0.497 e. The number of rotatable bonds is 4. The van der Waals surface area contributed by atoms with E-state index in [9.17, 15) is 0 Å². The summed E-state index contributed by atoms with van der Waals surface area (Å²) in [4.78, 5) is 4.47. The van der Waals surface area contributed by atoms with Crippen LogP contribution < -0.4 is 10.1 Å². The number of methoxy groups -OCH3 is 1. The van der Waals surface area contributed by atoms with Gasteiger partial charge < -0.3 is 10.1 Å². The summed E-state index contributed by atoms with van der Waals surface area (Å²) >= 11 is 3.61. The topological polar surface area (TPSA) is 39.1 Å². The van der Waals surface area contributed by atoms with Crippen LogP contribution in [-0.4, -0.2) is 22.7 Å². The molecule has 0 radical (unpaired) electrons. The molecule has 0 aliphatic heterocycles. The summed E-state index contributed by atoms with van der Waals surface area (Å²) in [7, 11) is 1.68. The Morgan fingerprint density at radius 2 is 2.10 bits per heavy atom. The van der Waals surface area contributed by atoms with Gasteiger partial charge in [0.05, 0.1) is 12.8 Å². The molecule has 1 N–H and O–H groups in total. The lowest BCUT2D eigenvalue weighted by atomic mass is 9.96. The fourth-order valence-corrected chi connectivity index (χ4v) is 3.28. The second-order valence-electron chi connectivity index (χ2n) is 5.42. The van der Waals surface area contributed by atoms with Gasteiger partial charge in [0.1, 0.15) is 5.75 Å². The SMILES string of the molecule is COc1ccc(Br)c(-n2ccnc2NC2CCCCC2)c1. The van der Waals surface area contributed by atoms with Crippen molar-refractivity contribution in [2.75, 3.05) is 12.4 Å². The molecule has 0 saturated heterocycles. The van der Waals surface area contributed by atoms with Gasteiger partial charge in [0, 0.05) is 29.0 Å². The Hall–Kier alpha value is -1.49. The molecule has 3 rings (SSSR count). The molecule has 4 nitrogen and oxygen atoms in total. The molecule has 0 bridgehead atoms. The van der Waals surface area contributed by atoms with Crippen molar-refractivity contribution in [3.05, 3.63) is 35.1 Å². The van der Waals surface area contributed by atoms with Crippen LogP contribution in [0.2, 0.25) is 0 Å². The number of aromatic nitrogens is 2. The third kappa shape index (κ3) is 3.23. The second-order valence-corrected chi connectivity index (χ2v) is 6.27. The first-order chi connectivity index (χ1) is 10.3. The Kier molecular flexibility index (Phi) is 4.48. The third-order valence-electron chi connectivity index (χ3n) is 3.99. The summed E-state index contributed by atoms with van der Waals surface area (Å²) in [6, 6.07) is 6.49. The quantitative estimate of drug-likeness (QED) is 0.889. The van der Waals surface area contributed by atoms with Gasteiger partial charge in [0.25, 0.3) is 0 Å². The van der Waals surface area contributed by atoms with E-state index in [0.29, 0.717) is 6.04 Å². The van der Waals surface area contributed by atoms with E-state index < -0.39 is 0 Å². The van der Waals surface area contributed by atoms with Crippen LogP contribution in [0.3, 0.4) is 0 Å². The average Bonchev–Trinajstić information content (AvgIpc) is 2.97. The van der Waals surface area contributed by atoms with Crippen molar-refractivity contribution in [1.82, 2.24) is 9.55 Å². The predicted octanol–water partition coefficient (Wildman–Crippen LogP) is 4.39. The summed E-state index contributed by atoms with van der Waals surface area (Å²) in [5, 5.41) is 3.58. The smallest absolute Gasteiger partial charge is 0.207 e. The largest absolute Gasteiger partial charge is 0.497 e. The zero-order valence-corrected chi connectivity index (χ0v) is 13.8. The first-order valence-electron chi connectivity index (χ1n) is 7.42. The van der Waals surface area contributed by atoms with E-state index >= 15 is 0 Å². The molecule has 112 valence electrons. The van der Waals surface area contributed by atoms with E-state index in [-0.39, 0.29) is 0 Å². The van der Waals surface area contributed by atoms with Crippen molar-refractivity contribution in [1.29, 1.82) is 0 Å². The summed E-state index contributed by atoms with van der Waals surface area (Å²) in [5.74, 6) is 1.74. The molecule has 1 aromatic carbocycles. The van der Waals surface area contributed by atoms with Crippen LogP contribution in [0.4, 0.5) is 5.95 Å². The highest BCUT2D eigenvalue weighted by molar-refractivity contribution is 9.10. The number of nitrogens with zero attached hydrogens (tertiary/aromatic N) is 2. The zero-order chi connectivity index (χ0) is 14.7. The van der Waals surface area contributed by atoms with Crippen LogP contribution in [-0.2, 0) is 0 Å². The molecular formula is C16H20BrN3O.